The van der Waals surface area contributed by atoms with E-state index in [2.05, 4.69) is 35.4 Å². The molecule has 1 aromatic heterocycles. The molecule has 3 rings (SSSR count). The fourth-order valence-corrected chi connectivity index (χ4v) is 4.42. The van der Waals surface area contributed by atoms with E-state index in [1.807, 2.05) is 6.92 Å². The molecule has 0 spiro atoms. The van der Waals surface area contributed by atoms with Gasteiger partial charge in [0.1, 0.15) is 5.75 Å². The van der Waals surface area contributed by atoms with Gasteiger partial charge in [-0.05, 0) is 62.9 Å². The van der Waals surface area contributed by atoms with Crippen molar-refractivity contribution in [2.45, 2.75) is 43.7 Å². The number of hydrogen-bond acceptors (Lipinski definition) is 5. The van der Waals surface area contributed by atoms with Gasteiger partial charge in [-0.2, -0.15) is 0 Å². The maximum absolute atomic E-state index is 13.4. The van der Waals surface area contributed by atoms with Crippen molar-refractivity contribution >= 4 is 11.8 Å². The molecule has 1 aliphatic rings. The highest BCUT2D eigenvalue weighted by atomic mass is 32.2. The van der Waals surface area contributed by atoms with Crippen molar-refractivity contribution in [2.75, 3.05) is 33.1 Å². The zero-order valence-corrected chi connectivity index (χ0v) is 17.8. The molecule has 2 heterocycles. The van der Waals surface area contributed by atoms with Crippen LogP contribution in [-0.4, -0.2) is 47.6 Å². The van der Waals surface area contributed by atoms with E-state index in [9.17, 15) is 9.90 Å². The van der Waals surface area contributed by atoms with Gasteiger partial charge in [-0.1, -0.05) is 18.6 Å². The Morgan fingerprint density at radius 2 is 1.86 bits per heavy atom. The predicted molar refractivity (Wildman–Crippen MR) is 114 cm³/mol. The number of thioether (sulfide) groups is 1. The number of benzene rings is 1. The fourth-order valence-electron chi connectivity index (χ4n) is 4.01. The van der Waals surface area contributed by atoms with E-state index in [1.165, 1.54) is 11.3 Å². The number of aryl methyl sites for hydroxylation is 1. The number of hydrogen-bond donors (Lipinski definition) is 1. The zero-order chi connectivity index (χ0) is 20.1. The van der Waals surface area contributed by atoms with Gasteiger partial charge in [-0.15, -0.1) is 11.8 Å². The Bertz CT molecular complexity index is 842. The summed E-state index contributed by atoms with van der Waals surface area (Å²) in [6, 6.07) is 9.82. The Hall–Kier alpha value is -1.76. The van der Waals surface area contributed by atoms with Crippen molar-refractivity contribution in [3.63, 3.8) is 0 Å². The van der Waals surface area contributed by atoms with Crippen LogP contribution in [-0.2, 0) is 11.3 Å². The first-order valence-corrected chi connectivity index (χ1v) is 11.1. The molecule has 0 amide bonds. The molecule has 0 aliphatic carbocycles. The van der Waals surface area contributed by atoms with Crippen LogP contribution >= 0.6 is 11.8 Å². The quantitative estimate of drug-likeness (QED) is 0.714. The maximum Gasteiger partial charge on any atom is 0.259 e. The maximum atomic E-state index is 13.4. The third-order valence-corrected chi connectivity index (χ3v) is 6.25. The highest BCUT2D eigenvalue weighted by Gasteiger charge is 2.30. The Kier molecular flexibility index (Phi) is 7.21. The van der Waals surface area contributed by atoms with Crippen molar-refractivity contribution in [3.8, 4) is 5.75 Å². The second kappa shape index (κ2) is 9.63. The van der Waals surface area contributed by atoms with E-state index in [4.69, 9.17) is 4.74 Å². The minimum Gasteiger partial charge on any atom is -0.507 e. The number of nitrogens with zero attached hydrogens (tertiary/aromatic N) is 2. The Labute approximate surface area is 171 Å². The Morgan fingerprint density at radius 1 is 1.18 bits per heavy atom. The molecule has 5 nitrogen and oxygen atoms in total. The molecular weight excluding hydrogens is 372 g/mol. The van der Waals surface area contributed by atoms with Gasteiger partial charge in [0.15, 0.2) is 0 Å². The number of ether oxygens (including phenoxy) is 1. The molecule has 1 N–H and O–H groups in total. The largest absolute Gasteiger partial charge is 0.507 e. The smallest absolute Gasteiger partial charge is 0.259 e. The lowest BCUT2D eigenvalue weighted by atomic mass is 9.94. The van der Waals surface area contributed by atoms with Crippen LogP contribution in [0.4, 0.5) is 0 Å². The molecule has 6 heteroatoms. The van der Waals surface area contributed by atoms with Crippen LogP contribution in [0.2, 0.25) is 0 Å². The van der Waals surface area contributed by atoms with Gasteiger partial charge in [0.05, 0.1) is 18.2 Å². The molecule has 0 radical (unpaired) electrons. The lowest BCUT2D eigenvalue weighted by molar-refractivity contribution is 0.178. The van der Waals surface area contributed by atoms with Gasteiger partial charge in [0.2, 0.25) is 0 Å². The second-order valence-corrected chi connectivity index (χ2v) is 8.19. The number of methoxy groups -OCH3 is 1. The van der Waals surface area contributed by atoms with Gasteiger partial charge in [0.25, 0.3) is 5.56 Å². The molecule has 1 saturated heterocycles. The third-order valence-electron chi connectivity index (χ3n) is 5.50. The van der Waals surface area contributed by atoms with E-state index in [1.54, 1.807) is 29.5 Å². The first kappa shape index (κ1) is 21.0. The molecule has 28 heavy (non-hydrogen) atoms. The summed E-state index contributed by atoms with van der Waals surface area (Å²) >= 11 is 1.70. The van der Waals surface area contributed by atoms with Gasteiger partial charge in [-0.3, -0.25) is 9.69 Å². The topological polar surface area (TPSA) is 54.7 Å². The first-order valence-electron chi connectivity index (χ1n) is 9.87. The van der Waals surface area contributed by atoms with Crippen molar-refractivity contribution in [1.82, 2.24) is 9.47 Å². The first-order chi connectivity index (χ1) is 13.6. The molecule has 1 fully saturated rings. The predicted octanol–water partition coefficient (Wildman–Crippen LogP) is 3.81. The minimum atomic E-state index is -0.238. The van der Waals surface area contributed by atoms with Crippen LogP contribution in [0.3, 0.4) is 0 Å². The fraction of sp³-hybridized carbons (Fsp3) is 0.500. The average Bonchev–Trinajstić information content (AvgIpc) is 2.71. The molecule has 0 saturated carbocycles. The van der Waals surface area contributed by atoms with Gasteiger partial charge >= 0.3 is 0 Å². The number of pyridine rings is 1. The average molecular weight is 403 g/mol. The van der Waals surface area contributed by atoms with Gasteiger partial charge < -0.3 is 14.4 Å². The van der Waals surface area contributed by atoms with E-state index < -0.39 is 0 Å². The van der Waals surface area contributed by atoms with Crippen molar-refractivity contribution < 1.29 is 9.84 Å². The summed E-state index contributed by atoms with van der Waals surface area (Å²) in [6.07, 6.45) is 5.50. The summed E-state index contributed by atoms with van der Waals surface area (Å²) in [4.78, 5) is 16.9. The highest BCUT2D eigenvalue weighted by molar-refractivity contribution is 7.98. The molecule has 0 unspecified atom stereocenters. The van der Waals surface area contributed by atoms with Crippen molar-refractivity contribution in [1.29, 1.82) is 0 Å². The molecule has 1 aromatic carbocycles. The zero-order valence-electron chi connectivity index (χ0n) is 17.0. The van der Waals surface area contributed by atoms with Crippen molar-refractivity contribution in [3.05, 3.63) is 57.5 Å². The van der Waals surface area contributed by atoms with Crippen molar-refractivity contribution in [2.24, 2.45) is 0 Å². The number of piperidine rings is 1. The van der Waals surface area contributed by atoms with E-state index in [0.29, 0.717) is 18.7 Å². The summed E-state index contributed by atoms with van der Waals surface area (Å²) in [6.45, 7) is 4.65. The monoisotopic (exact) mass is 402 g/mol. The number of aromatic nitrogens is 1. The van der Waals surface area contributed by atoms with E-state index in [-0.39, 0.29) is 17.4 Å². The SMILES string of the molecule is COCCn1c(C)cc(O)c([C@H](c2ccc(SC)cc2)N2CCCCC2)c1=O. The standard InChI is InChI=1S/C22H30N2O3S/c1-16-15-19(25)20(22(26)24(16)13-14-27-2)21(23-11-5-4-6-12-23)17-7-9-18(28-3)10-8-17/h7-10,15,21,25H,4-6,11-14H2,1-3H3/t21-/m0/s1. The molecular formula is C22H30N2O3S. The lowest BCUT2D eigenvalue weighted by Crippen LogP contribution is -2.39. The van der Waals surface area contributed by atoms with Gasteiger partial charge in [0, 0.05) is 24.2 Å². The third kappa shape index (κ3) is 4.45. The molecule has 0 bridgehead atoms. The van der Waals surface area contributed by atoms with E-state index >= 15 is 0 Å². The Balaban J connectivity index is 2.12. The second-order valence-electron chi connectivity index (χ2n) is 7.31. The van der Waals surface area contributed by atoms with Crippen LogP contribution in [0.15, 0.2) is 40.0 Å². The number of aromatic hydroxyl groups is 1. The lowest BCUT2D eigenvalue weighted by Gasteiger charge is -2.35. The number of rotatable bonds is 7. The summed E-state index contributed by atoms with van der Waals surface area (Å²) in [5.74, 6) is 0.0840. The van der Waals surface area contributed by atoms with Crippen LogP contribution in [0.25, 0.3) is 0 Å². The summed E-state index contributed by atoms with van der Waals surface area (Å²) in [7, 11) is 1.63. The Morgan fingerprint density at radius 3 is 2.46 bits per heavy atom. The summed E-state index contributed by atoms with van der Waals surface area (Å²) in [5.41, 5.74) is 2.15. The summed E-state index contributed by atoms with van der Waals surface area (Å²) < 4.78 is 6.89. The van der Waals surface area contributed by atoms with Gasteiger partial charge in [-0.25, -0.2) is 0 Å². The molecule has 2 aromatic rings. The molecule has 1 aliphatic heterocycles. The molecule has 1 atom stereocenters. The number of likely N-dealkylation sites (tertiary alicyclic amines) is 1. The normalized spacial score (nSPS) is 16.2. The summed E-state index contributed by atoms with van der Waals surface area (Å²) in [5, 5.41) is 10.8. The van der Waals surface area contributed by atoms with Crippen LogP contribution < -0.4 is 5.56 Å². The van der Waals surface area contributed by atoms with Crippen LogP contribution in [0, 0.1) is 6.92 Å². The van der Waals surface area contributed by atoms with E-state index in [0.717, 1.165) is 37.2 Å². The molecule has 152 valence electrons. The highest BCUT2D eigenvalue weighted by Crippen LogP contribution is 2.35. The van der Waals surface area contributed by atoms with Crippen LogP contribution in [0.1, 0.15) is 42.1 Å². The minimum absolute atomic E-state index is 0.0840. The van der Waals surface area contributed by atoms with Crippen LogP contribution in [0.5, 0.6) is 5.75 Å².